The van der Waals surface area contributed by atoms with Crippen molar-refractivity contribution in [2.24, 2.45) is 53.3 Å². The van der Waals surface area contributed by atoms with Gasteiger partial charge in [-0.05, 0) is 87.4 Å². The fourth-order valence-electron chi connectivity index (χ4n) is 11.0. The number of amides is 10. The molecule has 0 aliphatic carbocycles. The molecular formula is C62H110N10O14. The van der Waals surface area contributed by atoms with Crippen molar-refractivity contribution in [3.8, 4) is 0 Å². The van der Waals surface area contributed by atoms with E-state index in [1.54, 1.807) is 48.5 Å². The highest BCUT2D eigenvalue weighted by molar-refractivity contribution is 5.99. The summed E-state index contributed by atoms with van der Waals surface area (Å²) in [7, 11) is 9.52. The fraction of sp³-hybridized carbons (Fsp3) is 0.806. The molecule has 1 heterocycles. The Hall–Kier alpha value is -6.20. The maximum atomic E-state index is 15.0. The van der Waals surface area contributed by atoms with Crippen LogP contribution in [0.3, 0.4) is 0 Å². The number of aliphatic hydroxyl groups is 1. The van der Waals surface area contributed by atoms with Crippen molar-refractivity contribution in [1.29, 1.82) is 0 Å². The Kier molecular flexibility index (Phi) is 32.2. The molecule has 24 nitrogen and oxygen atoms in total. The van der Waals surface area contributed by atoms with E-state index in [9.17, 15) is 62.6 Å². The number of hydrogen-bond donors (Lipinski definition) is 5. The second kappa shape index (κ2) is 35.6. The largest absolute Gasteiger partial charge is 0.469 e. The first kappa shape index (κ1) is 77.8. The lowest BCUT2D eigenvalue weighted by atomic mass is 9.83. The number of ether oxygens (including phenoxy) is 1. The lowest BCUT2D eigenvalue weighted by Gasteiger charge is -2.40. The predicted octanol–water partition coefficient (Wildman–Crippen LogP) is 3.21. The average Bonchev–Trinajstić information content (AvgIpc) is 3.37. The minimum Gasteiger partial charge on any atom is -0.469 e. The third kappa shape index (κ3) is 21.6. The van der Waals surface area contributed by atoms with Gasteiger partial charge in [0.25, 0.3) is 0 Å². The van der Waals surface area contributed by atoms with Crippen molar-refractivity contribution >= 4 is 70.8 Å². The van der Waals surface area contributed by atoms with E-state index in [0.717, 1.165) is 12.0 Å². The Morgan fingerprint density at radius 3 is 1.40 bits per heavy atom. The molecule has 86 heavy (non-hydrogen) atoms. The van der Waals surface area contributed by atoms with Gasteiger partial charge < -0.3 is 60.5 Å². The highest BCUT2D eigenvalue weighted by Gasteiger charge is 2.45. The molecule has 0 radical (unpaired) electrons. The van der Waals surface area contributed by atoms with Gasteiger partial charge in [-0.25, -0.2) is 0 Å². The third-order valence-electron chi connectivity index (χ3n) is 16.5. The third-order valence-corrected chi connectivity index (χ3v) is 16.5. The molecule has 0 saturated carbocycles. The van der Waals surface area contributed by atoms with Gasteiger partial charge in [-0.1, -0.05) is 104 Å². The number of aliphatic hydroxyl groups excluding tert-OH is 1. The van der Waals surface area contributed by atoms with Crippen molar-refractivity contribution in [2.75, 3.05) is 55.9 Å². The molecule has 0 aromatic heterocycles. The number of esters is 1. The van der Waals surface area contributed by atoms with Crippen molar-refractivity contribution in [3.63, 3.8) is 0 Å². The Morgan fingerprint density at radius 2 is 0.953 bits per heavy atom. The first-order valence-corrected chi connectivity index (χ1v) is 30.8. The minimum absolute atomic E-state index is 0.0249. The smallest absolute Gasteiger partial charge is 0.305 e. The van der Waals surface area contributed by atoms with E-state index in [2.05, 4.69) is 21.3 Å². The second-order valence-electron chi connectivity index (χ2n) is 26.0. The molecule has 1 saturated heterocycles. The van der Waals surface area contributed by atoms with E-state index in [1.807, 2.05) is 55.4 Å². The van der Waals surface area contributed by atoms with Gasteiger partial charge in [0, 0.05) is 60.5 Å². The summed E-state index contributed by atoms with van der Waals surface area (Å²) in [5.74, 6) is -13.5. The topological polar surface area (TPSA) is 302 Å². The van der Waals surface area contributed by atoms with Crippen LogP contribution in [0.4, 0.5) is 0 Å². The molecule has 12 atom stereocenters. The zero-order valence-electron chi connectivity index (χ0n) is 56.2. The van der Waals surface area contributed by atoms with Crippen LogP contribution < -0.4 is 21.3 Å². The number of carbonyl (C=O) groups is 12. The maximum absolute atomic E-state index is 15.0. The number of ketones is 1. The Morgan fingerprint density at radius 1 is 0.512 bits per heavy atom. The summed E-state index contributed by atoms with van der Waals surface area (Å²) in [5, 5.41) is 23.0. The zero-order valence-corrected chi connectivity index (χ0v) is 56.2. The van der Waals surface area contributed by atoms with Crippen LogP contribution in [0.1, 0.15) is 162 Å². The molecule has 24 heteroatoms. The Balaban J connectivity index is 4.28. The van der Waals surface area contributed by atoms with Gasteiger partial charge in [0.05, 0.1) is 25.6 Å². The van der Waals surface area contributed by atoms with E-state index >= 15 is 0 Å². The van der Waals surface area contributed by atoms with Crippen molar-refractivity contribution in [3.05, 3.63) is 0 Å². The summed E-state index contributed by atoms with van der Waals surface area (Å²) in [6, 6.07) is -9.55. The van der Waals surface area contributed by atoms with Crippen LogP contribution in [0.5, 0.6) is 0 Å². The molecule has 10 amide bonds. The number of nitrogens with zero attached hydrogens (tertiary/aromatic N) is 6. The van der Waals surface area contributed by atoms with Gasteiger partial charge >= 0.3 is 5.97 Å². The standard InChI is InChI=1S/C62H110N10O14/c1-24-41-39(15)52(75)43(25-2)65-54(77)42(26-27-49(74)86-23)58(81)72(22)62(85)51(38(13)14)71(21)60(83)47(31-36(9)10)70(20)59(82)46(30-35(7)8)67(17)48(73)32-63-53(76)40(16)64-55(78)44(28-33(3)4)69(19)61(84)50(37(11)12)66-56(79)45(29-34(5)6)68(18)57(41)80/h33-47,50-51,58,81H,24-32H2,1-23H3,(H,63,76)(H,64,78)(H,65,77)(H,66,79). The van der Waals surface area contributed by atoms with Crippen LogP contribution in [0.2, 0.25) is 0 Å². The summed E-state index contributed by atoms with van der Waals surface area (Å²) in [6.07, 6.45) is -1.93. The van der Waals surface area contributed by atoms with Crippen LogP contribution in [0.15, 0.2) is 0 Å². The SMILES string of the molecule is CCC1NC(=O)C(CCC(=O)OC)C(O)N(C)C(=O)C(C(C)C)N(C)C(=O)C(CC(C)C)N(C)C(=O)C(CC(C)C)N(C)C(=O)CNC(=O)C(C)NC(=O)C(CC(C)C)N(C)C(=O)C(C(C)C)NC(=O)C(CC(C)C)N(C)C(=O)C(CC)C(C)C1=O. The van der Waals surface area contributed by atoms with Gasteiger partial charge in [0.2, 0.25) is 59.1 Å². The van der Waals surface area contributed by atoms with Crippen LogP contribution in [-0.4, -0.2) is 216 Å². The average molecular weight is 1220 g/mol. The van der Waals surface area contributed by atoms with Crippen molar-refractivity contribution < 1.29 is 67.4 Å². The first-order valence-electron chi connectivity index (χ1n) is 30.8. The van der Waals surface area contributed by atoms with E-state index in [-0.39, 0.29) is 75.0 Å². The number of Topliss-reactive ketones (excluding diaryl/α,β-unsaturated/α-hetero) is 1. The van der Waals surface area contributed by atoms with Crippen molar-refractivity contribution in [2.45, 2.75) is 217 Å². The number of rotatable bonds is 15. The van der Waals surface area contributed by atoms with Crippen LogP contribution >= 0.6 is 0 Å². The molecule has 492 valence electrons. The molecule has 12 unspecified atom stereocenters. The highest BCUT2D eigenvalue weighted by atomic mass is 16.5. The number of methoxy groups -OCH3 is 1. The van der Waals surface area contributed by atoms with E-state index < -0.39 is 162 Å². The number of likely N-dealkylation sites (N-methyl/N-ethyl adjacent to an activating group) is 6. The molecule has 1 aliphatic rings. The molecule has 0 aromatic rings. The summed E-state index contributed by atoms with van der Waals surface area (Å²) >= 11 is 0. The van der Waals surface area contributed by atoms with E-state index in [0.29, 0.717) is 0 Å². The summed E-state index contributed by atoms with van der Waals surface area (Å²) in [4.78, 5) is 179. The molecule has 1 rings (SSSR count). The molecule has 5 N–H and O–H groups in total. The lowest BCUT2D eigenvalue weighted by molar-refractivity contribution is -0.160. The van der Waals surface area contributed by atoms with Gasteiger partial charge in [-0.3, -0.25) is 57.5 Å². The quantitative estimate of drug-likeness (QED) is 0.147. The number of carbonyl (C=O) groups excluding carboxylic acids is 12. The summed E-state index contributed by atoms with van der Waals surface area (Å²) in [6.45, 7) is 27.4. The second-order valence-corrected chi connectivity index (χ2v) is 26.0. The lowest BCUT2D eigenvalue weighted by Crippen LogP contribution is -2.61. The van der Waals surface area contributed by atoms with Crippen LogP contribution in [0, 0.1) is 53.3 Å². The highest BCUT2D eigenvalue weighted by Crippen LogP contribution is 2.28. The molecule has 0 aromatic carbocycles. The summed E-state index contributed by atoms with van der Waals surface area (Å²) < 4.78 is 4.86. The fourth-order valence-corrected chi connectivity index (χ4v) is 11.0. The monoisotopic (exact) mass is 1220 g/mol. The first-order chi connectivity index (χ1) is 39.7. The number of nitrogens with one attached hydrogen (secondary N) is 4. The van der Waals surface area contributed by atoms with Crippen molar-refractivity contribution in [1.82, 2.24) is 50.7 Å². The van der Waals surface area contributed by atoms with Gasteiger partial charge in [-0.2, -0.15) is 0 Å². The molecular weight excluding hydrogens is 1110 g/mol. The zero-order chi connectivity index (χ0) is 66.7. The molecule has 0 bridgehead atoms. The van der Waals surface area contributed by atoms with Gasteiger partial charge in [-0.15, -0.1) is 0 Å². The summed E-state index contributed by atoms with van der Waals surface area (Å²) in [5.41, 5.74) is 0. The van der Waals surface area contributed by atoms with Gasteiger partial charge in [0.15, 0.2) is 5.78 Å². The Bertz CT molecular complexity index is 2340. The molecule has 0 spiro atoms. The number of hydrogen-bond acceptors (Lipinski definition) is 14. The van der Waals surface area contributed by atoms with Crippen LogP contribution in [0.25, 0.3) is 0 Å². The van der Waals surface area contributed by atoms with Crippen LogP contribution in [-0.2, 0) is 62.3 Å². The minimum atomic E-state index is -1.94. The Labute approximate surface area is 513 Å². The van der Waals surface area contributed by atoms with E-state index in [4.69, 9.17) is 4.74 Å². The predicted molar refractivity (Wildman–Crippen MR) is 327 cm³/mol. The van der Waals surface area contributed by atoms with Gasteiger partial charge in [0.1, 0.15) is 48.5 Å². The molecule has 1 aliphatic heterocycles. The van der Waals surface area contributed by atoms with E-state index in [1.165, 1.54) is 73.7 Å². The maximum Gasteiger partial charge on any atom is 0.305 e. The molecule has 1 fully saturated rings. The normalized spacial score (nSPS) is 27.6.